The van der Waals surface area contributed by atoms with Crippen molar-refractivity contribution in [3.8, 4) is 0 Å². The molecule has 0 spiro atoms. The highest BCUT2D eigenvalue weighted by Gasteiger charge is 2.69. The topological polar surface area (TPSA) is 105 Å². The normalized spacial score (nSPS) is 38.8. The molecule has 5 saturated heterocycles. The Morgan fingerprint density at radius 1 is 0.542 bits per heavy atom. The van der Waals surface area contributed by atoms with Crippen molar-refractivity contribution in [2.75, 3.05) is 0 Å². The van der Waals surface area contributed by atoms with E-state index < -0.39 is 37.0 Å². The molecule has 5 rings (SSSR count). The van der Waals surface area contributed by atoms with E-state index in [9.17, 15) is 19.2 Å². The van der Waals surface area contributed by atoms with Crippen LogP contribution in [0.5, 0.6) is 0 Å². The summed E-state index contributed by atoms with van der Waals surface area (Å²) in [5.41, 5.74) is 0. The first kappa shape index (κ1) is 15.3. The lowest BCUT2D eigenvalue weighted by atomic mass is 10.2. The molecule has 0 aromatic rings. The summed E-state index contributed by atoms with van der Waals surface area (Å²) in [6.07, 6.45) is -3.14. The Labute approximate surface area is 138 Å². The molecule has 0 saturated carbocycles. The number of carbonyl (C=O) groups excluding carboxylic acids is 4. The molecule has 10 nitrogen and oxygen atoms in total. The molecule has 5 aliphatic rings. The molecule has 4 amide bonds. The minimum absolute atomic E-state index is 0.217. The van der Waals surface area contributed by atoms with Gasteiger partial charge in [-0.1, -0.05) is 0 Å². The van der Waals surface area contributed by atoms with Crippen molar-refractivity contribution in [2.24, 2.45) is 0 Å². The zero-order valence-electron chi connectivity index (χ0n) is 13.9. The third-order valence-electron chi connectivity index (χ3n) is 5.34. The highest BCUT2D eigenvalue weighted by atomic mass is 16.2. The summed E-state index contributed by atoms with van der Waals surface area (Å²) in [5.74, 6) is -0.866. The van der Waals surface area contributed by atoms with Gasteiger partial charge in [-0.2, -0.15) is 0 Å². The van der Waals surface area contributed by atoms with E-state index in [2.05, 4.69) is 10.6 Å². The van der Waals surface area contributed by atoms with Crippen LogP contribution in [0, 0.1) is 0 Å². The van der Waals surface area contributed by atoms with Crippen LogP contribution in [0.25, 0.3) is 0 Å². The van der Waals surface area contributed by atoms with Gasteiger partial charge in [0.15, 0.2) is 0 Å². The smallest absolute Gasteiger partial charge is 0.222 e. The van der Waals surface area contributed by atoms with E-state index in [0.29, 0.717) is 0 Å². The number of hydrogen-bond acceptors (Lipinski definition) is 6. The van der Waals surface area contributed by atoms with Gasteiger partial charge in [0, 0.05) is 27.7 Å². The summed E-state index contributed by atoms with van der Waals surface area (Å²) < 4.78 is 0. The van der Waals surface area contributed by atoms with Crippen LogP contribution in [0.1, 0.15) is 27.7 Å². The van der Waals surface area contributed by atoms with E-state index in [1.165, 1.54) is 27.7 Å². The quantitative estimate of drug-likeness (QED) is 0.510. The zero-order chi connectivity index (χ0) is 17.5. The molecule has 130 valence electrons. The number of piperazine rings is 1. The summed E-state index contributed by atoms with van der Waals surface area (Å²) in [5, 5.41) is 6.58. The van der Waals surface area contributed by atoms with Gasteiger partial charge in [-0.25, -0.2) is 0 Å². The molecule has 5 heterocycles. The Morgan fingerprint density at radius 2 is 0.750 bits per heavy atom. The Morgan fingerprint density at radius 3 is 0.917 bits per heavy atom. The Kier molecular flexibility index (Phi) is 2.98. The maximum atomic E-state index is 12.3. The van der Waals surface area contributed by atoms with Gasteiger partial charge in [0.05, 0.1) is 0 Å². The molecule has 0 aromatic heterocycles. The van der Waals surface area contributed by atoms with E-state index in [4.69, 9.17) is 0 Å². The van der Waals surface area contributed by atoms with Crippen molar-refractivity contribution >= 4 is 23.6 Å². The number of nitrogens with zero attached hydrogens (tertiary/aromatic N) is 4. The summed E-state index contributed by atoms with van der Waals surface area (Å²) >= 11 is 0. The number of hydrogen-bond donors (Lipinski definition) is 2. The van der Waals surface area contributed by atoms with E-state index >= 15 is 0 Å². The first-order valence-corrected chi connectivity index (χ1v) is 7.93. The van der Waals surface area contributed by atoms with Crippen LogP contribution in [-0.4, -0.2) is 80.2 Å². The Bertz CT molecular complexity index is 560. The average Bonchev–Trinajstić information content (AvgIpc) is 2.85. The molecule has 0 aliphatic carbocycles. The van der Waals surface area contributed by atoms with Gasteiger partial charge in [0.2, 0.25) is 23.6 Å². The molecule has 2 N–H and O–H groups in total. The first-order chi connectivity index (χ1) is 11.3. The van der Waals surface area contributed by atoms with Gasteiger partial charge >= 0.3 is 0 Å². The third-order valence-corrected chi connectivity index (χ3v) is 5.34. The molecule has 6 atom stereocenters. The fourth-order valence-corrected chi connectivity index (χ4v) is 4.67. The molecule has 6 bridgehead atoms. The molecule has 5 fully saturated rings. The summed E-state index contributed by atoms with van der Waals surface area (Å²) in [4.78, 5) is 55.4. The van der Waals surface area contributed by atoms with E-state index in [1.807, 2.05) is 0 Å². The molecule has 24 heavy (non-hydrogen) atoms. The van der Waals surface area contributed by atoms with Crippen LogP contribution in [-0.2, 0) is 19.2 Å². The van der Waals surface area contributed by atoms with E-state index in [1.54, 1.807) is 19.6 Å². The Hall–Kier alpha value is -2.20. The maximum absolute atomic E-state index is 12.3. The van der Waals surface area contributed by atoms with Crippen LogP contribution in [0.15, 0.2) is 0 Å². The molecular formula is C14H20N6O4. The van der Waals surface area contributed by atoms with E-state index in [0.717, 1.165) is 0 Å². The highest BCUT2D eigenvalue weighted by Crippen LogP contribution is 2.43. The summed E-state index contributed by atoms with van der Waals surface area (Å²) in [6.45, 7) is 5.71. The SMILES string of the molecule is CC(=O)N1C2C3N(C(C)=O)[C@@H]4N[C@@H]1[C@@H](N[C@@H]4N3C(C)=O)N2C(C)=O. The highest BCUT2D eigenvalue weighted by molar-refractivity contribution is 5.83. The van der Waals surface area contributed by atoms with Crippen molar-refractivity contribution < 1.29 is 19.2 Å². The van der Waals surface area contributed by atoms with Crippen LogP contribution in [0.4, 0.5) is 0 Å². The second kappa shape index (κ2) is 4.67. The van der Waals surface area contributed by atoms with Gasteiger partial charge in [0.1, 0.15) is 37.0 Å². The lowest BCUT2D eigenvalue weighted by molar-refractivity contribution is -0.152. The van der Waals surface area contributed by atoms with Crippen molar-refractivity contribution in [1.29, 1.82) is 0 Å². The fraction of sp³-hybridized carbons (Fsp3) is 0.714. The lowest BCUT2D eigenvalue weighted by Gasteiger charge is -2.42. The second-order valence-corrected chi connectivity index (χ2v) is 6.65. The van der Waals surface area contributed by atoms with Crippen LogP contribution < -0.4 is 10.6 Å². The van der Waals surface area contributed by atoms with Crippen molar-refractivity contribution in [3.05, 3.63) is 0 Å². The van der Waals surface area contributed by atoms with Crippen LogP contribution >= 0.6 is 0 Å². The molecule has 0 aromatic carbocycles. The van der Waals surface area contributed by atoms with Gasteiger partial charge in [0.25, 0.3) is 0 Å². The van der Waals surface area contributed by atoms with Gasteiger partial charge in [-0.3, -0.25) is 49.4 Å². The first-order valence-electron chi connectivity index (χ1n) is 7.93. The minimum Gasteiger partial charge on any atom is -0.299 e. The standard InChI is InChI=1S/C14H20N6O4/c1-5(21)17-9-10-16-12-11(15-9)19(7(3)23)14(20(12)8(4)24)13(17)18(10)6(2)22/h9-16H,1-4H3/t9-,10-,11-,12+,13?,14?/m0/s1. The molecule has 0 radical (unpaired) electrons. The van der Waals surface area contributed by atoms with E-state index in [-0.39, 0.29) is 23.6 Å². The third kappa shape index (κ3) is 1.62. The Balaban J connectivity index is 1.93. The second-order valence-electron chi connectivity index (χ2n) is 6.65. The predicted molar refractivity (Wildman–Crippen MR) is 79.1 cm³/mol. The summed E-state index contributed by atoms with van der Waals surface area (Å²) in [7, 11) is 0. The van der Waals surface area contributed by atoms with Crippen molar-refractivity contribution in [1.82, 2.24) is 30.2 Å². The van der Waals surface area contributed by atoms with Crippen molar-refractivity contribution in [3.63, 3.8) is 0 Å². The van der Waals surface area contributed by atoms with Crippen LogP contribution in [0.3, 0.4) is 0 Å². The van der Waals surface area contributed by atoms with Crippen molar-refractivity contribution in [2.45, 2.75) is 64.7 Å². The summed E-state index contributed by atoms with van der Waals surface area (Å²) in [6, 6.07) is 0. The fourth-order valence-electron chi connectivity index (χ4n) is 4.67. The molecule has 5 aliphatic heterocycles. The van der Waals surface area contributed by atoms with Gasteiger partial charge in [-0.05, 0) is 0 Å². The monoisotopic (exact) mass is 336 g/mol. The molecule has 2 unspecified atom stereocenters. The zero-order valence-corrected chi connectivity index (χ0v) is 13.9. The van der Waals surface area contributed by atoms with Gasteiger partial charge < -0.3 is 0 Å². The number of amides is 4. The molecule has 10 heteroatoms. The van der Waals surface area contributed by atoms with Crippen LogP contribution in [0.2, 0.25) is 0 Å². The minimum atomic E-state index is -0.708. The maximum Gasteiger partial charge on any atom is 0.222 e. The predicted octanol–water partition coefficient (Wildman–Crippen LogP) is -2.43. The number of rotatable bonds is 0. The number of carbonyl (C=O) groups is 4. The average molecular weight is 336 g/mol. The largest absolute Gasteiger partial charge is 0.299 e. The molecular weight excluding hydrogens is 316 g/mol. The lowest BCUT2D eigenvalue weighted by Crippen LogP contribution is -2.73. The number of nitrogens with one attached hydrogen (secondary N) is 2. The van der Waals surface area contributed by atoms with Gasteiger partial charge in [-0.15, -0.1) is 0 Å².